The lowest BCUT2D eigenvalue weighted by Gasteiger charge is -2.12. The fraction of sp³-hybridized carbons (Fsp3) is 0.500. The summed E-state index contributed by atoms with van der Waals surface area (Å²) in [5.41, 5.74) is 0.899. The Hall–Kier alpha value is -1.50. The first kappa shape index (κ1) is 17.6. The summed E-state index contributed by atoms with van der Waals surface area (Å²) in [5, 5.41) is 0. The van der Waals surface area contributed by atoms with Gasteiger partial charge in [0.1, 0.15) is 0 Å². The SMILES string of the molecule is COC(=O)C(C)CSCc1ccc(OC(F)F)c(OC)c1. The highest BCUT2D eigenvalue weighted by atomic mass is 32.2. The molecule has 1 aromatic rings. The fourth-order valence-corrected chi connectivity index (χ4v) is 2.64. The van der Waals surface area contributed by atoms with E-state index in [1.807, 2.05) is 0 Å². The average Bonchev–Trinajstić information content (AvgIpc) is 2.47. The standard InChI is InChI=1S/C14H18F2O4S/c1-9(13(17)19-3)7-21-8-10-4-5-11(20-14(15)16)12(6-10)18-2/h4-6,9,14H,7-8H2,1-3H3. The zero-order chi connectivity index (χ0) is 15.8. The third kappa shape index (κ3) is 5.79. The van der Waals surface area contributed by atoms with Crippen molar-refractivity contribution in [3.63, 3.8) is 0 Å². The van der Waals surface area contributed by atoms with E-state index in [1.165, 1.54) is 20.3 Å². The maximum atomic E-state index is 12.2. The monoisotopic (exact) mass is 320 g/mol. The molecule has 0 aromatic heterocycles. The van der Waals surface area contributed by atoms with E-state index in [0.717, 1.165) is 5.56 Å². The second-order valence-corrected chi connectivity index (χ2v) is 5.33. The largest absolute Gasteiger partial charge is 0.493 e. The third-order valence-corrected chi connectivity index (χ3v) is 3.96. The van der Waals surface area contributed by atoms with Gasteiger partial charge in [-0.25, -0.2) is 0 Å². The normalized spacial score (nSPS) is 12.1. The van der Waals surface area contributed by atoms with Crippen molar-refractivity contribution in [2.24, 2.45) is 5.92 Å². The first-order valence-electron chi connectivity index (χ1n) is 6.25. The summed E-state index contributed by atoms with van der Waals surface area (Å²) in [6.07, 6.45) is 0. The van der Waals surface area contributed by atoms with Crippen LogP contribution in [0.25, 0.3) is 0 Å². The number of methoxy groups -OCH3 is 2. The number of hydrogen-bond donors (Lipinski definition) is 0. The van der Waals surface area contributed by atoms with Crippen LogP contribution in [0.4, 0.5) is 8.78 Å². The first-order chi connectivity index (χ1) is 9.97. The Balaban J connectivity index is 2.58. The summed E-state index contributed by atoms with van der Waals surface area (Å²) in [6, 6.07) is 4.79. The molecule has 21 heavy (non-hydrogen) atoms. The van der Waals surface area contributed by atoms with Gasteiger partial charge in [-0.15, -0.1) is 0 Å². The highest BCUT2D eigenvalue weighted by Gasteiger charge is 2.14. The number of thioether (sulfide) groups is 1. The molecule has 0 radical (unpaired) electrons. The van der Waals surface area contributed by atoms with Crippen LogP contribution in [-0.2, 0) is 15.3 Å². The number of benzene rings is 1. The van der Waals surface area contributed by atoms with E-state index in [4.69, 9.17) is 4.74 Å². The van der Waals surface area contributed by atoms with Gasteiger partial charge in [0.2, 0.25) is 0 Å². The van der Waals surface area contributed by atoms with E-state index in [9.17, 15) is 13.6 Å². The van der Waals surface area contributed by atoms with Crippen LogP contribution in [-0.4, -0.2) is 32.6 Å². The quantitative estimate of drug-likeness (QED) is 0.687. The smallest absolute Gasteiger partial charge is 0.387 e. The van der Waals surface area contributed by atoms with Crippen molar-refractivity contribution in [3.8, 4) is 11.5 Å². The molecular formula is C14H18F2O4S. The molecule has 0 amide bonds. The van der Waals surface area contributed by atoms with E-state index < -0.39 is 6.61 Å². The van der Waals surface area contributed by atoms with Gasteiger partial charge < -0.3 is 14.2 Å². The van der Waals surface area contributed by atoms with Crippen LogP contribution >= 0.6 is 11.8 Å². The van der Waals surface area contributed by atoms with Crippen LogP contribution in [0, 0.1) is 5.92 Å². The zero-order valence-electron chi connectivity index (χ0n) is 12.1. The number of carbonyl (C=O) groups is 1. The molecule has 0 aliphatic heterocycles. The molecule has 0 saturated carbocycles. The molecule has 1 aromatic carbocycles. The van der Waals surface area contributed by atoms with Gasteiger partial charge in [-0.05, 0) is 17.7 Å². The number of hydrogen-bond acceptors (Lipinski definition) is 5. The second kappa shape index (κ2) is 8.71. The molecule has 0 bridgehead atoms. The topological polar surface area (TPSA) is 44.8 Å². The van der Waals surface area contributed by atoms with E-state index in [-0.39, 0.29) is 23.4 Å². The molecule has 1 atom stereocenters. The molecule has 1 rings (SSSR count). The fourth-order valence-electron chi connectivity index (χ4n) is 1.62. The molecule has 0 N–H and O–H groups in total. The Labute approximate surface area is 126 Å². The minimum absolute atomic E-state index is 0.00387. The Bertz CT molecular complexity index is 468. The van der Waals surface area contributed by atoms with Gasteiger partial charge in [-0.1, -0.05) is 13.0 Å². The van der Waals surface area contributed by atoms with Crippen LogP contribution in [0.2, 0.25) is 0 Å². The van der Waals surface area contributed by atoms with Gasteiger partial charge in [0.05, 0.1) is 20.1 Å². The number of alkyl halides is 2. The molecule has 0 aliphatic carbocycles. The van der Waals surface area contributed by atoms with Crippen molar-refractivity contribution in [2.75, 3.05) is 20.0 Å². The molecular weight excluding hydrogens is 302 g/mol. The predicted molar refractivity (Wildman–Crippen MR) is 77.0 cm³/mol. The van der Waals surface area contributed by atoms with E-state index in [0.29, 0.717) is 11.5 Å². The van der Waals surface area contributed by atoms with Crippen molar-refractivity contribution in [1.29, 1.82) is 0 Å². The zero-order valence-corrected chi connectivity index (χ0v) is 12.9. The molecule has 0 fully saturated rings. The minimum atomic E-state index is -2.89. The Kier molecular flexibility index (Phi) is 7.28. The number of rotatable bonds is 8. The molecule has 0 saturated heterocycles. The summed E-state index contributed by atoms with van der Waals surface area (Å²) >= 11 is 1.55. The van der Waals surface area contributed by atoms with Gasteiger partial charge in [0.25, 0.3) is 0 Å². The summed E-state index contributed by atoms with van der Waals surface area (Å²) in [7, 11) is 2.75. The molecule has 0 spiro atoms. The molecule has 0 aliphatic rings. The van der Waals surface area contributed by atoms with Crippen LogP contribution in [0.1, 0.15) is 12.5 Å². The van der Waals surface area contributed by atoms with Crippen molar-refractivity contribution >= 4 is 17.7 Å². The van der Waals surface area contributed by atoms with Crippen molar-refractivity contribution in [2.45, 2.75) is 19.3 Å². The van der Waals surface area contributed by atoms with Crippen LogP contribution in [0.15, 0.2) is 18.2 Å². The lowest BCUT2D eigenvalue weighted by Crippen LogP contribution is -2.14. The van der Waals surface area contributed by atoms with Gasteiger partial charge in [0, 0.05) is 11.5 Å². The number of esters is 1. The van der Waals surface area contributed by atoms with Crippen LogP contribution in [0.5, 0.6) is 11.5 Å². The minimum Gasteiger partial charge on any atom is -0.493 e. The molecule has 4 nitrogen and oxygen atoms in total. The van der Waals surface area contributed by atoms with Crippen LogP contribution < -0.4 is 9.47 Å². The number of carbonyl (C=O) groups excluding carboxylic acids is 1. The van der Waals surface area contributed by atoms with Crippen molar-refractivity contribution in [1.82, 2.24) is 0 Å². The molecule has 0 heterocycles. The summed E-state index contributed by atoms with van der Waals surface area (Å²) < 4.78 is 38.5. The van der Waals surface area contributed by atoms with E-state index in [1.54, 1.807) is 30.8 Å². The Morgan fingerprint density at radius 2 is 2.00 bits per heavy atom. The summed E-state index contributed by atoms with van der Waals surface area (Å²) in [4.78, 5) is 11.3. The van der Waals surface area contributed by atoms with Crippen molar-refractivity contribution < 1.29 is 27.8 Å². The van der Waals surface area contributed by atoms with Gasteiger partial charge >= 0.3 is 12.6 Å². The molecule has 7 heteroatoms. The average molecular weight is 320 g/mol. The molecule has 118 valence electrons. The van der Waals surface area contributed by atoms with Crippen LogP contribution in [0.3, 0.4) is 0 Å². The third-order valence-electron chi connectivity index (χ3n) is 2.68. The maximum absolute atomic E-state index is 12.2. The Morgan fingerprint density at radius 3 is 2.57 bits per heavy atom. The molecule has 1 unspecified atom stereocenters. The summed E-state index contributed by atoms with van der Waals surface area (Å²) in [6.45, 7) is -1.10. The highest BCUT2D eigenvalue weighted by Crippen LogP contribution is 2.30. The maximum Gasteiger partial charge on any atom is 0.387 e. The lowest BCUT2D eigenvalue weighted by molar-refractivity contribution is -0.144. The number of ether oxygens (including phenoxy) is 3. The van der Waals surface area contributed by atoms with Gasteiger partial charge in [-0.3, -0.25) is 4.79 Å². The first-order valence-corrected chi connectivity index (χ1v) is 7.40. The Morgan fingerprint density at radius 1 is 1.29 bits per heavy atom. The van der Waals surface area contributed by atoms with E-state index in [2.05, 4.69) is 9.47 Å². The van der Waals surface area contributed by atoms with Gasteiger partial charge in [0.15, 0.2) is 11.5 Å². The highest BCUT2D eigenvalue weighted by molar-refractivity contribution is 7.98. The lowest BCUT2D eigenvalue weighted by atomic mass is 10.2. The number of halogens is 2. The summed E-state index contributed by atoms with van der Waals surface area (Å²) in [5.74, 6) is 1.07. The second-order valence-electron chi connectivity index (χ2n) is 4.30. The van der Waals surface area contributed by atoms with Crippen molar-refractivity contribution in [3.05, 3.63) is 23.8 Å². The van der Waals surface area contributed by atoms with E-state index >= 15 is 0 Å². The van der Waals surface area contributed by atoms with Gasteiger partial charge in [-0.2, -0.15) is 20.5 Å². The predicted octanol–water partition coefficient (Wildman–Crippen LogP) is 3.34.